The molecular formula is C22H26N4O2. The summed E-state index contributed by atoms with van der Waals surface area (Å²) in [6.07, 6.45) is 2.46. The van der Waals surface area contributed by atoms with Crippen LogP contribution in [-0.4, -0.2) is 23.6 Å². The molecule has 1 aliphatic heterocycles. The van der Waals surface area contributed by atoms with Gasteiger partial charge in [-0.15, -0.1) is 0 Å². The molecule has 4 rings (SSSR count). The zero-order chi connectivity index (χ0) is 19.7. The summed E-state index contributed by atoms with van der Waals surface area (Å²) in [7, 11) is 3.67. The molecule has 1 saturated heterocycles. The maximum absolute atomic E-state index is 12.7. The summed E-state index contributed by atoms with van der Waals surface area (Å²) in [6.45, 7) is 2.10. The van der Waals surface area contributed by atoms with Gasteiger partial charge >= 0.3 is 0 Å². The van der Waals surface area contributed by atoms with Crippen LogP contribution in [-0.2, 0) is 11.8 Å². The van der Waals surface area contributed by atoms with E-state index in [2.05, 4.69) is 33.7 Å². The standard InChI is InChI=1S/C22H26N4O2/c1-14-19(22(25-24-14)15-4-7-18(28-3)8-5-15)13-21(27)23-17-6-9-20-16(12-17)10-11-26(20)2/h4-12,14,19,22,24-25H,13H2,1-3H3,(H,23,27). The second-order valence-corrected chi connectivity index (χ2v) is 7.44. The number of aromatic nitrogens is 1. The van der Waals surface area contributed by atoms with Gasteiger partial charge in [0, 0.05) is 48.2 Å². The van der Waals surface area contributed by atoms with Crippen LogP contribution < -0.4 is 20.9 Å². The number of methoxy groups -OCH3 is 1. The van der Waals surface area contributed by atoms with Gasteiger partial charge in [-0.2, -0.15) is 0 Å². The summed E-state index contributed by atoms with van der Waals surface area (Å²) in [5.41, 5.74) is 9.73. The highest BCUT2D eigenvalue weighted by Gasteiger charge is 2.35. The minimum Gasteiger partial charge on any atom is -0.497 e. The van der Waals surface area contributed by atoms with E-state index in [0.29, 0.717) is 6.42 Å². The van der Waals surface area contributed by atoms with Crippen molar-refractivity contribution in [3.63, 3.8) is 0 Å². The SMILES string of the molecule is COc1ccc(C2NNC(C)C2CC(=O)Nc2ccc3c(ccn3C)c2)cc1. The molecule has 28 heavy (non-hydrogen) atoms. The van der Waals surface area contributed by atoms with Crippen LogP contribution in [0.25, 0.3) is 10.9 Å². The molecule has 0 aliphatic carbocycles. The molecule has 2 aromatic carbocycles. The quantitative estimate of drug-likeness (QED) is 0.637. The van der Waals surface area contributed by atoms with Crippen molar-refractivity contribution in [1.82, 2.24) is 15.4 Å². The highest BCUT2D eigenvalue weighted by Crippen LogP contribution is 2.32. The van der Waals surface area contributed by atoms with Crippen molar-refractivity contribution in [2.24, 2.45) is 13.0 Å². The summed E-state index contributed by atoms with van der Waals surface area (Å²) < 4.78 is 7.31. The highest BCUT2D eigenvalue weighted by molar-refractivity contribution is 5.94. The van der Waals surface area contributed by atoms with Crippen LogP contribution in [0.2, 0.25) is 0 Å². The Labute approximate surface area is 164 Å². The molecular weight excluding hydrogens is 352 g/mol. The Morgan fingerprint density at radius 1 is 1.14 bits per heavy atom. The maximum Gasteiger partial charge on any atom is 0.224 e. The third-order valence-electron chi connectivity index (χ3n) is 5.60. The predicted molar refractivity (Wildman–Crippen MR) is 111 cm³/mol. The number of anilines is 1. The Morgan fingerprint density at radius 2 is 1.93 bits per heavy atom. The fourth-order valence-electron chi connectivity index (χ4n) is 3.95. The van der Waals surface area contributed by atoms with Gasteiger partial charge in [-0.1, -0.05) is 12.1 Å². The number of carbonyl (C=O) groups is 1. The number of hydrogen-bond acceptors (Lipinski definition) is 4. The molecule has 3 N–H and O–H groups in total. The molecule has 6 heteroatoms. The summed E-state index contributed by atoms with van der Waals surface area (Å²) in [5.74, 6) is 0.998. The first-order chi connectivity index (χ1) is 13.5. The van der Waals surface area contributed by atoms with Gasteiger partial charge in [0.15, 0.2) is 0 Å². The normalized spacial score (nSPS) is 21.8. The fourth-order valence-corrected chi connectivity index (χ4v) is 3.95. The molecule has 1 aliphatic rings. The van der Waals surface area contributed by atoms with Gasteiger partial charge in [0.05, 0.1) is 13.2 Å². The molecule has 146 valence electrons. The molecule has 0 spiro atoms. The van der Waals surface area contributed by atoms with E-state index in [4.69, 9.17) is 4.74 Å². The van der Waals surface area contributed by atoms with Crippen molar-refractivity contribution in [1.29, 1.82) is 0 Å². The minimum absolute atomic E-state index is 0.0242. The van der Waals surface area contributed by atoms with Crippen LogP contribution in [0.5, 0.6) is 5.75 Å². The van der Waals surface area contributed by atoms with Gasteiger partial charge in [0.2, 0.25) is 5.91 Å². The van der Waals surface area contributed by atoms with Gasteiger partial charge in [0.25, 0.3) is 0 Å². The Hall–Kier alpha value is -2.83. The lowest BCUT2D eigenvalue weighted by Crippen LogP contribution is -2.29. The van der Waals surface area contributed by atoms with Crippen LogP contribution in [0.15, 0.2) is 54.7 Å². The molecule has 0 bridgehead atoms. The van der Waals surface area contributed by atoms with Crippen molar-refractivity contribution in [2.45, 2.75) is 25.4 Å². The number of carbonyl (C=O) groups excluding carboxylic acids is 1. The Balaban J connectivity index is 1.46. The highest BCUT2D eigenvalue weighted by atomic mass is 16.5. The number of aryl methyl sites for hydroxylation is 1. The van der Waals surface area contributed by atoms with E-state index in [9.17, 15) is 4.79 Å². The number of nitrogens with one attached hydrogen (secondary N) is 3. The molecule has 0 radical (unpaired) electrons. The molecule has 3 aromatic rings. The second-order valence-electron chi connectivity index (χ2n) is 7.44. The van der Waals surface area contributed by atoms with Crippen molar-refractivity contribution >= 4 is 22.5 Å². The van der Waals surface area contributed by atoms with E-state index < -0.39 is 0 Å². The van der Waals surface area contributed by atoms with Crippen molar-refractivity contribution in [2.75, 3.05) is 12.4 Å². The number of hydrogen-bond donors (Lipinski definition) is 3. The maximum atomic E-state index is 12.7. The van der Waals surface area contributed by atoms with E-state index in [1.54, 1.807) is 7.11 Å². The lowest BCUT2D eigenvalue weighted by molar-refractivity contribution is -0.117. The van der Waals surface area contributed by atoms with E-state index in [1.165, 1.54) is 0 Å². The average Bonchev–Trinajstić information content (AvgIpc) is 3.25. The number of nitrogens with zero attached hydrogens (tertiary/aromatic N) is 1. The number of hydrazine groups is 1. The van der Waals surface area contributed by atoms with Crippen LogP contribution in [0.1, 0.15) is 24.9 Å². The number of fused-ring (bicyclic) bond motifs is 1. The lowest BCUT2D eigenvalue weighted by atomic mass is 9.87. The van der Waals surface area contributed by atoms with Crippen LogP contribution in [0, 0.1) is 5.92 Å². The monoisotopic (exact) mass is 378 g/mol. The molecule has 1 aromatic heterocycles. The van der Waals surface area contributed by atoms with Gasteiger partial charge in [-0.05, 0) is 48.9 Å². The molecule has 3 unspecified atom stereocenters. The van der Waals surface area contributed by atoms with Crippen LogP contribution >= 0.6 is 0 Å². The largest absolute Gasteiger partial charge is 0.497 e. The van der Waals surface area contributed by atoms with Gasteiger partial charge < -0.3 is 14.6 Å². The van der Waals surface area contributed by atoms with E-state index in [0.717, 1.165) is 27.9 Å². The van der Waals surface area contributed by atoms with E-state index >= 15 is 0 Å². The third-order valence-corrected chi connectivity index (χ3v) is 5.60. The Bertz CT molecular complexity index is 980. The van der Waals surface area contributed by atoms with Gasteiger partial charge in [0.1, 0.15) is 5.75 Å². The Morgan fingerprint density at radius 3 is 2.68 bits per heavy atom. The molecule has 1 fully saturated rings. The van der Waals surface area contributed by atoms with Crippen molar-refractivity contribution in [3.05, 3.63) is 60.3 Å². The number of ether oxygens (including phenoxy) is 1. The summed E-state index contributed by atoms with van der Waals surface area (Å²) in [6, 6.07) is 16.3. The minimum atomic E-state index is 0.0242. The summed E-state index contributed by atoms with van der Waals surface area (Å²) in [4.78, 5) is 12.7. The lowest BCUT2D eigenvalue weighted by Gasteiger charge is -2.21. The first-order valence-electron chi connectivity index (χ1n) is 9.55. The zero-order valence-corrected chi connectivity index (χ0v) is 16.4. The average molecular weight is 378 g/mol. The number of benzene rings is 2. The molecule has 1 amide bonds. The van der Waals surface area contributed by atoms with Crippen LogP contribution in [0.3, 0.4) is 0 Å². The number of amides is 1. The fraction of sp³-hybridized carbons (Fsp3) is 0.318. The van der Waals surface area contributed by atoms with Gasteiger partial charge in [-0.3, -0.25) is 10.2 Å². The first-order valence-corrected chi connectivity index (χ1v) is 9.55. The first kappa shape index (κ1) is 18.5. The van der Waals surface area contributed by atoms with E-state index in [-0.39, 0.29) is 23.9 Å². The predicted octanol–water partition coefficient (Wildman–Crippen LogP) is 3.37. The zero-order valence-electron chi connectivity index (χ0n) is 16.4. The Kier molecular flexibility index (Phi) is 5.07. The van der Waals surface area contributed by atoms with Gasteiger partial charge in [-0.25, -0.2) is 5.43 Å². The van der Waals surface area contributed by atoms with Crippen molar-refractivity contribution in [3.8, 4) is 5.75 Å². The summed E-state index contributed by atoms with van der Waals surface area (Å²) in [5, 5.41) is 4.18. The van der Waals surface area contributed by atoms with Crippen molar-refractivity contribution < 1.29 is 9.53 Å². The molecule has 0 saturated carbocycles. The molecule has 6 nitrogen and oxygen atoms in total. The van der Waals surface area contributed by atoms with Crippen LogP contribution in [0.4, 0.5) is 5.69 Å². The summed E-state index contributed by atoms with van der Waals surface area (Å²) >= 11 is 0. The molecule has 3 atom stereocenters. The topological polar surface area (TPSA) is 67.3 Å². The smallest absolute Gasteiger partial charge is 0.224 e. The third kappa shape index (κ3) is 3.61. The number of rotatable bonds is 5. The molecule has 2 heterocycles. The second kappa shape index (κ2) is 7.66. The van der Waals surface area contributed by atoms with E-state index in [1.807, 2.05) is 55.7 Å².